The van der Waals surface area contributed by atoms with Crippen LogP contribution in [0.2, 0.25) is 0 Å². The van der Waals surface area contributed by atoms with Crippen molar-refractivity contribution in [2.75, 3.05) is 0 Å². The number of para-hydroxylation sites is 7. The van der Waals surface area contributed by atoms with Gasteiger partial charge in [0.05, 0.1) is 38.8 Å². The molecule has 9 aromatic carbocycles. The number of hydrogen-bond acceptors (Lipinski definition) is 3. The number of furan rings is 1. The molecule has 5 aromatic heterocycles. The summed E-state index contributed by atoms with van der Waals surface area (Å²) in [7, 11) is 0. The van der Waals surface area contributed by atoms with E-state index in [4.69, 9.17) is 9.40 Å². The molecule has 284 valence electrons. The zero-order chi connectivity index (χ0) is 39.8. The lowest BCUT2D eigenvalue weighted by molar-refractivity contribution is 0.664. The largest absolute Gasteiger partial charge is 0.452 e. The van der Waals surface area contributed by atoms with Gasteiger partial charge in [0.25, 0.3) is 0 Å². The highest BCUT2D eigenvalue weighted by molar-refractivity contribution is 7.25. The molecule has 5 heterocycles. The normalized spacial score (nSPS) is 12.3. The summed E-state index contributed by atoms with van der Waals surface area (Å²) >= 11 is 1.86. The lowest BCUT2D eigenvalue weighted by Crippen LogP contribution is -2.03. The average molecular weight is 797 g/mol. The molecular weight excluding hydrogens is 765 g/mol. The van der Waals surface area contributed by atoms with Gasteiger partial charge in [0.15, 0.2) is 11.2 Å². The number of thiophene rings is 1. The Morgan fingerprint density at radius 1 is 0.377 bits per heavy atom. The van der Waals surface area contributed by atoms with E-state index in [2.05, 4.69) is 208 Å². The Hall–Kier alpha value is -7.93. The Balaban J connectivity index is 1.14. The maximum absolute atomic E-state index is 7.51. The molecule has 5 nitrogen and oxygen atoms in total. The van der Waals surface area contributed by atoms with Crippen LogP contribution in [0.4, 0.5) is 0 Å². The molecule has 0 spiro atoms. The number of rotatable bonds is 4. The van der Waals surface area contributed by atoms with E-state index in [1.807, 2.05) is 11.3 Å². The first-order valence-corrected chi connectivity index (χ1v) is 21.4. The van der Waals surface area contributed by atoms with Gasteiger partial charge in [0.1, 0.15) is 11.5 Å². The van der Waals surface area contributed by atoms with Gasteiger partial charge >= 0.3 is 0 Å². The number of fused-ring (bicyclic) bond motifs is 13. The molecule has 0 bridgehead atoms. The van der Waals surface area contributed by atoms with Crippen LogP contribution in [0, 0.1) is 0 Å². The van der Waals surface area contributed by atoms with Gasteiger partial charge in [-0.1, -0.05) is 115 Å². The third-order valence-electron chi connectivity index (χ3n) is 12.7. The van der Waals surface area contributed by atoms with Crippen molar-refractivity contribution >= 4 is 108 Å². The van der Waals surface area contributed by atoms with E-state index in [-0.39, 0.29) is 0 Å². The zero-order valence-electron chi connectivity index (χ0n) is 32.6. The van der Waals surface area contributed by atoms with E-state index in [0.717, 1.165) is 83.5 Å². The van der Waals surface area contributed by atoms with Crippen molar-refractivity contribution < 1.29 is 4.42 Å². The SMILES string of the molecule is c1ccc(-n2c(-c3ccc4c(oc5c(-n6c7ccccc7c7cc8sc9ccccc9c8cc76)cccc54)c3-n3c4ccccc4c4ccccc43)nc3ccccc32)cc1. The first-order valence-electron chi connectivity index (χ1n) is 20.6. The third-order valence-corrected chi connectivity index (χ3v) is 13.8. The molecule has 0 amide bonds. The fourth-order valence-corrected chi connectivity index (χ4v) is 11.2. The Morgan fingerprint density at radius 3 is 1.75 bits per heavy atom. The number of imidazole rings is 1. The van der Waals surface area contributed by atoms with Gasteiger partial charge in [0.2, 0.25) is 0 Å². The second kappa shape index (κ2) is 12.3. The summed E-state index contributed by atoms with van der Waals surface area (Å²) in [6.45, 7) is 0. The van der Waals surface area contributed by atoms with Crippen molar-refractivity contribution in [3.63, 3.8) is 0 Å². The molecule has 6 heteroatoms. The fourth-order valence-electron chi connectivity index (χ4n) is 10.1. The molecule has 61 heavy (non-hydrogen) atoms. The van der Waals surface area contributed by atoms with Gasteiger partial charge in [-0.25, -0.2) is 4.98 Å². The first-order chi connectivity index (χ1) is 30.3. The van der Waals surface area contributed by atoms with Crippen molar-refractivity contribution in [1.82, 2.24) is 18.7 Å². The van der Waals surface area contributed by atoms with Crippen molar-refractivity contribution in [1.29, 1.82) is 0 Å². The van der Waals surface area contributed by atoms with Gasteiger partial charge in [-0.05, 0) is 78.9 Å². The molecule has 0 aliphatic rings. The maximum atomic E-state index is 7.51. The number of nitrogens with zero attached hydrogens (tertiary/aromatic N) is 4. The van der Waals surface area contributed by atoms with Gasteiger partial charge in [-0.3, -0.25) is 4.57 Å². The highest BCUT2D eigenvalue weighted by Gasteiger charge is 2.27. The van der Waals surface area contributed by atoms with Crippen LogP contribution in [0.15, 0.2) is 199 Å². The minimum Gasteiger partial charge on any atom is -0.452 e. The molecule has 0 fully saturated rings. The predicted molar refractivity (Wildman–Crippen MR) is 255 cm³/mol. The van der Waals surface area contributed by atoms with Crippen molar-refractivity contribution in [2.24, 2.45) is 0 Å². The van der Waals surface area contributed by atoms with E-state index >= 15 is 0 Å². The Bertz CT molecular complexity index is 4070. The Kier molecular flexibility index (Phi) is 6.65. The number of hydrogen-bond donors (Lipinski definition) is 0. The number of benzene rings is 9. The molecule has 14 aromatic rings. The third kappa shape index (κ3) is 4.51. The number of aromatic nitrogens is 4. The summed E-state index contributed by atoms with van der Waals surface area (Å²) in [5.41, 5.74) is 12.1. The van der Waals surface area contributed by atoms with Crippen molar-refractivity contribution in [2.45, 2.75) is 0 Å². The molecule has 14 rings (SSSR count). The predicted octanol–water partition coefficient (Wildman–Crippen LogP) is 15.2. The average Bonchev–Trinajstić information content (AvgIpc) is 4.13. The van der Waals surface area contributed by atoms with E-state index in [9.17, 15) is 0 Å². The summed E-state index contributed by atoms with van der Waals surface area (Å²) in [5, 5.41) is 9.49. The van der Waals surface area contributed by atoms with E-state index < -0.39 is 0 Å². The smallest absolute Gasteiger partial charge is 0.160 e. The van der Waals surface area contributed by atoms with Crippen LogP contribution in [0.5, 0.6) is 0 Å². The van der Waals surface area contributed by atoms with Gasteiger partial charge in [0, 0.05) is 63.7 Å². The quantitative estimate of drug-likeness (QED) is 0.178. The summed E-state index contributed by atoms with van der Waals surface area (Å²) in [5.74, 6) is 0.848. The van der Waals surface area contributed by atoms with Crippen LogP contribution in [-0.4, -0.2) is 18.7 Å². The van der Waals surface area contributed by atoms with Crippen LogP contribution in [-0.2, 0) is 0 Å². The highest BCUT2D eigenvalue weighted by Crippen LogP contribution is 2.46. The van der Waals surface area contributed by atoms with Gasteiger partial charge in [-0.2, -0.15) is 0 Å². The lowest BCUT2D eigenvalue weighted by Gasteiger charge is -2.16. The first kappa shape index (κ1) is 33.0. The van der Waals surface area contributed by atoms with Crippen molar-refractivity contribution in [3.05, 3.63) is 194 Å². The molecule has 0 saturated heterocycles. The summed E-state index contributed by atoms with van der Waals surface area (Å²) in [6, 6.07) is 69.7. The van der Waals surface area contributed by atoms with Gasteiger partial charge < -0.3 is 13.6 Å². The Morgan fingerprint density at radius 2 is 0.984 bits per heavy atom. The summed E-state index contributed by atoms with van der Waals surface area (Å²) in [6.07, 6.45) is 0. The van der Waals surface area contributed by atoms with E-state index in [1.54, 1.807) is 0 Å². The topological polar surface area (TPSA) is 40.8 Å². The van der Waals surface area contributed by atoms with E-state index in [0.29, 0.717) is 0 Å². The van der Waals surface area contributed by atoms with Crippen molar-refractivity contribution in [3.8, 4) is 28.5 Å². The van der Waals surface area contributed by atoms with Gasteiger partial charge in [-0.15, -0.1) is 11.3 Å². The second-order valence-electron chi connectivity index (χ2n) is 15.9. The fraction of sp³-hybridized carbons (Fsp3) is 0. The molecule has 0 aliphatic carbocycles. The molecule has 0 atom stereocenters. The van der Waals surface area contributed by atoms with Crippen LogP contribution in [0.3, 0.4) is 0 Å². The monoisotopic (exact) mass is 796 g/mol. The minimum absolute atomic E-state index is 0.810. The van der Waals surface area contributed by atoms with Crippen LogP contribution in [0.1, 0.15) is 0 Å². The lowest BCUT2D eigenvalue weighted by atomic mass is 10.1. The van der Waals surface area contributed by atoms with E-state index in [1.165, 1.54) is 41.7 Å². The van der Waals surface area contributed by atoms with Crippen LogP contribution >= 0.6 is 11.3 Å². The van der Waals surface area contributed by atoms with Crippen LogP contribution < -0.4 is 0 Å². The molecule has 0 saturated carbocycles. The molecule has 0 radical (unpaired) electrons. The molecule has 0 unspecified atom stereocenters. The molecular formula is C55H32N4OS. The second-order valence-corrected chi connectivity index (χ2v) is 17.0. The summed E-state index contributed by atoms with van der Waals surface area (Å²) < 4.78 is 17.2. The standard InChI is InChI=1S/C55H32N4OS/c1-2-15-33(16-3-1)57-47-26-12-8-22-43(47)56-55(57)40-30-29-39-38-21-14-27-48(53(38)60-54(39)52(40)59-45-24-10-4-17-34(45)35-18-5-11-25-46(35)59)58-44-23-9-6-19-36(44)41-32-51-42(31-49(41)58)37-20-7-13-28-50(37)61-51/h1-32H. The summed E-state index contributed by atoms with van der Waals surface area (Å²) in [4.78, 5) is 5.42. The molecule has 0 N–H and O–H groups in total. The maximum Gasteiger partial charge on any atom is 0.160 e. The highest BCUT2D eigenvalue weighted by atomic mass is 32.1. The molecule has 0 aliphatic heterocycles. The Labute approximate surface area is 352 Å². The minimum atomic E-state index is 0.810. The zero-order valence-corrected chi connectivity index (χ0v) is 33.4. The van der Waals surface area contributed by atoms with Crippen LogP contribution in [0.25, 0.3) is 125 Å².